The Bertz CT molecular complexity index is 580. The van der Waals surface area contributed by atoms with Gasteiger partial charge in [-0.05, 0) is 46.2 Å². The Balaban J connectivity index is 1.78. The molecule has 0 aromatic carbocycles. The number of carbonyl (C=O) groups excluding carboxylic acids is 1. The third-order valence-electron chi connectivity index (χ3n) is 5.49. The molecule has 174 valence electrons. The normalized spacial score (nSPS) is 21.4. The van der Waals surface area contributed by atoms with Crippen molar-refractivity contribution in [3.8, 4) is 0 Å². The lowest BCUT2D eigenvalue weighted by Crippen LogP contribution is -2.52. The Morgan fingerprint density at radius 1 is 0.967 bits per heavy atom. The summed E-state index contributed by atoms with van der Waals surface area (Å²) in [5.74, 6) is 0. The molecule has 0 bridgehead atoms. The molecular weight excluding hydrogens is 416 g/mol. The van der Waals surface area contributed by atoms with Crippen LogP contribution in [0.4, 0.5) is 31.1 Å². The maximum Gasteiger partial charge on any atom is 0.434 e. The SMILES string of the molecule is C/C(=C\CC(C)N1CCCC1)CN1CCN(C(=O)OC(C(F)(F)F)C(F)(F)F)CC1. The molecule has 0 aliphatic carbocycles. The Kier molecular flexibility index (Phi) is 8.43. The molecule has 2 aliphatic heterocycles. The molecular formula is C19H29F6N3O2. The molecule has 1 amide bonds. The summed E-state index contributed by atoms with van der Waals surface area (Å²) in [5.41, 5.74) is 1.14. The summed E-state index contributed by atoms with van der Waals surface area (Å²) in [4.78, 5) is 17.2. The van der Waals surface area contributed by atoms with Crippen LogP contribution in [0.15, 0.2) is 11.6 Å². The van der Waals surface area contributed by atoms with Crippen LogP contribution in [0.3, 0.4) is 0 Å². The van der Waals surface area contributed by atoms with Gasteiger partial charge in [0.2, 0.25) is 0 Å². The Morgan fingerprint density at radius 2 is 1.50 bits per heavy atom. The third kappa shape index (κ3) is 7.33. The molecule has 2 saturated heterocycles. The van der Waals surface area contributed by atoms with Gasteiger partial charge < -0.3 is 14.5 Å². The maximum atomic E-state index is 12.5. The van der Waals surface area contributed by atoms with E-state index >= 15 is 0 Å². The maximum absolute atomic E-state index is 12.5. The molecule has 1 atom stereocenters. The molecule has 2 rings (SSSR count). The summed E-state index contributed by atoms with van der Waals surface area (Å²) >= 11 is 0. The molecule has 0 radical (unpaired) electrons. The van der Waals surface area contributed by atoms with E-state index in [4.69, 9.17) is 0 Å². The van der Waals surface area contributed by atoms with E-state index in [-0.39, 0.29) is 13.1 Å². The van der Waals surface area contributed by atoms with Crippen molar-refractivity contribution in [2.75, 3.05) is 45.8 Å². The van der Waals surface area contributed by atoms with Crippen LogP contribution in [0, 0.1) is 0 Å². The molecule has 1 unspecified atom stereocenters. The van der Waals surface area contributed by atoms with Gasteiger partial charge in [-0.15, -0.1) is 0 Å². The summed E-state index contributed by atoms with van der Waals surface area (Å²) < 4.78 is 79.0. The fraction of sp³-hybridized carbons (Fsp3) is 0.842. The Morgan fingerprint density at radius 3 is 2.00 bits per heavy atom. The number of likely N-dealkylation sites (tertiary alicyclic amines) is 1. The highest BCUT2D eigenvalue weighted by atomic mass is 19.4. The first-order valence-electron chi connectivity index (χ1n) is 10.1. The second kappa shape index (κ2) is 10.2. The van der Waals surface area contributed by atoms with E-state index in [1.165, 1.54) is 12.8 Å². The molecule has 5 nitrogen and oxygen atoms in total. The number of alkyl halides is 6. The Hall–Kier alpha value is -1.49. The van der Waals surface area contributed by atoms with Crippen LogP contribution in [0.1, 0.15) is 33.1 Å². The van der Waals surface area contributed by atoms with Gasteiger partial charge in [-0.2, -0.15) is 26.3 Å². The third-order valence-corrected chi connectivity index (χ3v) is 5.49. The molecule has 2 fully saturated rings. The van der Waals surface area contributed by atoms with Crippen LogP contribution in [-0.4, -0.2) is 91.1 Å². The number of ether oxygens (including phenoxy) is 1. The van der Waals surface area contributed by atoms with Gasteiger partial charge in [0, 0.05) is 38.8 Å². The first-order chi connectivity index (χ1) is 13.9. The van der Waals surface area contributed by atoms with Gasteiger partial charge in [-0.25, -0.2) is 4.79 Å². The van der Waals surface area contributed by atoms with Gasteiger partial charge in [0.25, 0.3) is 6.10 Å². The summed E-state index contributed by atoms with van der Waals surface area (Å²) in [6.45, 7) is 7.80. The molecule has 11 heteroatoms. The molecule has 0 aromatic rings. The zero-order valence-corrected chi connectivity index (χ0v) is 17.2. The van der Waals surface area contributed by atoms with Gasteiger partial charge in [-0.1, -0.05) is 11.6 Å². The van der Waals surface area contributed by atoms with Gasteiger partial charge in [-0.3, -0.25) is 4.90 Å². The molecule has 0 spiro atoms. The van der Waals surface area contributed by atoms with Crippen molar-refractivity contribution < 1.29 is 35.9 Å². The predicted molar refractivity (Wildman–Crippen MR) is 99.0 cm³/mol. The predicted octanol–water partition coefficient (Wildman–Crippen LogP) is 4.05. The molecule has 30 heavy (non-hydrogen) atoms. The standard InChI is InChI=1S/C19H29F6N3O2/c1-14(5-6-15(2)27-7-3-4-8-27)13-26-9-11-28(12-10-26)17(29)30-16(18(20,21)22)19(23,24)25/h5,15-16H,3-4,6-13H2,1-2H3/b14-5+. The van der Waals surface area contributed by atoms with Crippen LogP contribution in [-0.2, 0) is 4.74 Å². The van der Waals surface area contributed by atoms with Crippen molar-refractivity contribution in [1.29, 1.82) is 0 Å². The quantitative estimate of drug-likeness (QED) is 0.457. The monoisotopic (exact) mass is 445 g/mol. The van der Waals surface area contributed by atoms with Crippen LogP contribution in [0.25, 0.3) is 0 Å². The van der Waals surface area contributed by atoms with Gasteiger partial charge >= 0.3 is 18.4 Å². The van der Waals surface area contributed by atoms with E-state index in [0.29, 0.717) is 25.7 Å². The number of amides is 1. The van der Waals surface area contributed by atoms with E-state index in [1.54, 1.807) is 0 Å². The molecule has 2 aliphatic rings. The van der Waals surface area contributed by atoms with Crippen molar-refractivity contribution in [3.63, 3.8) is 0 Å². The van der Waals surface area contributed by atoms with Crippen molar-refractivity contribution in [2.45, 2.75) is 57.6 Å². The number of hydrogen-bond donors (Lipinski definition) is 0. The van der Waals surface area contributed by atoms with E-state index in [0.717, 1.165) is 30.0 Å². The molecule has 0 N–H and O–H groups in total. The highest BCUT2D eigenvalue weighted by Gasteiger charge is 2.60. The largest absolute Gasteiger partial charge is 0.434 e. The Labute approximate surface area is 172 Å². The van der Waals surface area contributed by atoms with Crippen molar-refractivity contribution in [1.82, 2.24) is 14.7 Å². The number of rotatable bonds is 6. The van der Waals surface area contributed by atoms with Crippen molar-refractivity contribution in [3.05, 3.63) is 11.6 Å². The molecule has 2 heterocycles. The minimum absolute atomic E-state index is 0.0126. The van der Waals surface area contributed by atoms with Gasteiger partial charge in [0.1, 0.15) is 0 Å². The van der Waals surface area contributed by atoms with Crippen LogP contribution >= 0.6 is 0 Å². The zero-order chi connectivity index (χ0) is 22.5. The van der Waals surface area contributed by atoms with Crippen LogP contribution < -0.4 is 0 Å². The summed E-state index contributed by atoms with van der Waals surface area (Å²) in [5, 5.41) is 0. The molecule has 0 saturated carbocycles. The van der Waals surface area contributed by atoms with E-state index < -0.39 is 24.5 Å². The van der Waals surface area contributed by atoms with E-state index in [9.17, 15) is 31.1 Å². The topological polar surface area (TPSA) is 36.0 Å². The minimum Gasteiger partial charge on any atom is -0.426 e. The van der Waals surface area contributed by atoms with Crippen molar-refractivity contribution in [2.24, 2.45) is 0 Å². The fourth-order valence-electron chi connectivity index (χ4n) is 3.70. The first kappa shape index (κ1) is 24.8. The summed E-state index contributed by atoms with van der Waals surface area (Å²) in [6.07, 6.45) is -11.6. The smallest absolute Gasteiger partial charge is 0.426 e. The number of carbonyl (C=O) groups is 1. The number of hydrogen-bond acceptors (Lipinski definition) is 4. The molecule has 0 aromatic heterocycles. The van der Waals surface area contributed by atoms with Gasteiger partial charge in [0.05, 0.1) is 0 Å². The van der Waals surface area contributed by atoms with E-state index in [2.05, 4.69) is 22.6 Å². The second-order valence-electron chi connectivity index (χ2n) is 7.99. The number of nitrogens with zero attached hydrogens (tertiary/aromatic N) is 3. The highest BCUT2D eigenvalue weighted by Crippen LogP contribution is 2.36. The lowest BCUT2D eigenvalue weighted by atomic mass is 10.1. The van der Waals surface area contributed by atoms with E-state index in [1.807, 2.05) is 11.8 Å². The lowest BCUT2D eigenvalue weighted by Gasteiger charge is -2.35. The first-order valence-corrected chi connectivity index (χ1v) is 10.1. The summed E-state index contributed by atoms with van der Waals surface area (Å²) in [6, 6.07) is 0.462. The van der Waals surface area contributed by atoms with Gasteiger partial charge in [0.15, 0.2) is 0 Å². The number of halogens is 6. The lowest BCUT2D eigenvalue weighted by molar-refractivity contribution is -0.308. The highest BCUT2D eigenvalue weighted by molar-refractivity contribution is 5.68. The average Bonchev–Trinajstić information content (AvgIpc) is 3.17. The van der Waals surface area contributed by atoms with Crippen LogP contribution in [0.5, 0.6) is 0 Å². The van der Waals surface area contributed by atoms with Crippen molar-refractivity contribution >= 4 is 6.09 Å². The minimum atomic E-state index is -5.70. The van der Waals surface area contributed by atoms with Crippen LogP contribution in [0.2, 0.25) is 0 Å². The second-order valence-corrected chi connectivity index (χ2v) is 7.99. The fourth-order valence-corrected chi connectivity index (χ4v) is 3.70. The summed E-state index contributed by atoms with van der Waals surface area (Å²) in [7, 11) is 0. The number of piperazine rings is 1. The average molecular weight is 445 g/mol. The zero-order valence-electron chi connectivity index (χ0n) is 17.2.